The van der Waals surface area contributed by atoms with Gasteiger partial charge >= 0.3 is 0 Å². The second kappa shape index (κ2) is 5.89. The lowest BCUT2D eigenvalue weighted by Gasteiger charge is -2.46. The summed E-state index contributed by atoms with van der Waals surface area (Å²) in [4.78, 5) is 23.0. The molecule has 1 aliphatic heterocycles. The van der Waals surface area contributed by atoms with E-state index in [0.29, 0.717) is 16.7 Å². The van der Waals surface area contributed by atoms with Crippen LogP contribution in [-0.4, -0.2) is 39.5 Å². The molecule has 0 radical (unpaired) electrons. The number of rotatable bonds is 3. The number of nitrogens with zero attached hydrogens (tertiary/aromatic N) is 2. The monoisotopic (exact) mass is 346 g/mol. The second-order valence-electron chi connectivity index (χ2n) is 5.71. The molecule has 0 aliphatic carbocycles. The fourth-order valence-electron chi connectivity index (χ4n) is 3.18. The summed E-state index contributed by atoms with van der Waals surface area (Å²) in [5.74, 6) is -0.890. The number of hydrogen-bond donors (Lipinski definition) is 1. The third-order valence-electron chi connectivity index (χ3n) is 4.44. The Morgan fingerprint density at radius 1 is 1.29 bits per heavy atom. The molecule has 3 rings (SSSR count). The van der Waals surface area contributed by atoms with Crippen LogP contribution in [0.25, 0.3) is 0 Å². The molecular weight excluding hydrogens is 332 g/mol. The van der Waals surface area contributed by atoms with Crippen LogP contribution >= 0.6 is 11.6 Å². The van der Waals surface area contributed by atoms with Crippen LogP contribution in [0.1, 0.15) is 27.4 Å². The molecule has 6 nitrogen and oxygen atoms in total. The third-order valence-corrected chi connectivity index (χ3v) is 5.03. The van der Waals surface area contributed by atoms with Gasteiger partial charge in [-0.1, -0.05) is 41.9 Å². The van der Waals surface area contributed by atoms with E-state index in [2.05, 4.69) is 0 Å². The van der Waals surface area contributed by atoms with Crippen molar-refractivity contribution in [3.05, 3.63) is 75.3 Å². The number of likely N-dealkylation sites (N-methyl/N-ethyl adjacent to an activating group) is 1. The average Bonchev–Trinajstić information content (AvgIpc) is 2.60. The lowest BCUT2D eigenvalue weighted by molar-refractivity contribution is -0.384. The van der Waals surface area contributed by atoms with Gasteiger partial charge in [-0.2, -0.15) is 0 Å². The minimum Gasteiger partial charge on any atom is -0.393 e. The van der Waals surface area contributed by atoms with E-state index < -0.39 is 22.4 Å². The minimum atomic E-state index is -1.42. The van der Waals surface area contributed by atoms with Crippen molar-refractivity contribution in [1.82, 2.24) is 4.90 Å². The summed E-state index contributed by atoms with van der Waals surface area (Å²) < 4.78 is 0. The van der Waals surface area contributed by atoms with Crippen LogP contribution in [0.15, 0.2) is 48.5 Å². The molecule has 1 heterocycles. The van der Waals surface area contributed by atoms with Crippen molar-refractivity contribution in [3.8, 4) is 0 Å². The Bertz CT molecular complexity index is 826. The van der Waals surface area contributed by atoms with Crippen molar-refractivity contribution in [2.45, 2.75) is 10.9 Å². The SMILES string of the molecule is CN1C(=O)c2ccccc2C(c2cccc([N+](=O)[O-])c2)C1(Cl)CO. The molecule has 0 spiro atoms. The standard InChI is InChI=1S/C17H15ClN2O4/c1-19-16(22)14-8-3-2-7-13(14)15(17(19,18)10-21)11-5-4-6-12(9-11)20(23)24/h2-9,15,21H,10H2,1H3. The van der Waals surface area contributed by atoms with E-state index in [1.165, 1.54) is 24.1 Å². The van der Waals surface area contributed by atoms with Gasteiger partial charge in [0, 0.05) is 30.7 Å². The molecule has 7 heteroatoms. The molecule has 24 heavy (non-hydrogen) atoms. The summed E-state index contributed by atoms with van der Waals surface area (Å²) in [6, 6.07) is 13.1. The van der Waals surface area contributed by atoms with E-state index in [-0.39, 0.29) is 11.6 Å². The number of benzene rings is 2. The molecule has 1 amide bonds. The molecule has 0 saturated carbocycles. The number of aliphatic hydroxyl groups is 1. The third kappa shape index (κ3) is 2.35. The van der Waals surface area contributed by atoms with Gasteiger partial charge < -0.3 is 10.0 Å². The highest BCUT2D eigenvalue weighted by molar-refractivity contribution is 6.27. The number of amides is 1. The summed E-state index contributed by atoms with van der Waals surface area (Å²) in [5, 5.41) is 21.0. The van der Waals surface area contributed by atoms with Gasteiger partial charge in [-0.3, -0.25) is 14.9 Å². The Morgan fingerprint density at radius 3 is 2.67 bits per heavy atom. The van der Waals surface area contributed by atoms with Gasteiger partial charge in [-0.15, -0.1) is 0 Å². The fraction of sp³-hybridized carbons (Fsp3) is 0.235. The molecule has 2 unspecified atom stereocenters. The maximum atomic E-state index is 12.6. The van der Waals surface area contributed by atoms with Crippen LogP contribution in [0.4, 0.5) is 5.69 Å². The highest BCUT2D eigenvalue weighted by Gasteiger charge is 2.49. The normalized spacial score (nSPS) is 23.0. The highest BCUT2D eigenvalue weighted by Crippen LogP contribution is 2.46. The molecule has 1 aliphatic rings. The summed E-state index contributed by atoms with van der Waals surface area (Å²) in [7, 11) is 1.52. The number of halogens is 1. The molecule has 2 aromatic rings. The van der Waals surface area contributed by atoms with Crippen LogP contribution in [0.2, 0.25) is 0 Å². The quantitative estimate of drug-likeness (QED) is 0.401. The van der Waals surface area contributed by atoms with Gasteiger partial charge in [-0.25, -0.2) is 0 Å². The topological polar surface area (TPSA) is 83.7 Å². The van der Waals surface area contributed by atoms with Crippen molar-refractivity contribution in [3.63, 3.8) is 0 Å². The van der Waals surface area contributed by atoms with E-state index in [0.717, 1.165) is 0 Å². The second-order valence-corrected chi connectivity index (χ2v) is 6.37. The largest absolute Gasteiger partial charge is 0.393 e. The number of carbonyl (C=O) groups is 1. The van der Waals surface area contributed by atoms with Gasteiger partial charge in [0.05, 0.1) is 11.5 Å². The Morgan fingerprint density at radius 2 is 2.00 bits per heavy atom. The zero-order valence-electron chi connectivity index (χ0n) is 12.8. The maximum absolute atomic E-state index is 12.6. The number of nitro benzene ring substituents is 1. The number of fused-ring (bicyclic) bond motifs is 1. The number of hydrogen-bond acceptors (Lipinski definition) is 4. The van der Waals surface area contributed by atoms with Gasteiger partial charge in [0.25, 0.3) is 11.6 Å². The van der Waals surface area contributed by atoms with E-state index >= 15 is 0 Å². The summed E-state index contributed by atoms with van der Waals surface area (Å²) in [5.41, 5.74) is 1.62. The zero-order valence-corrected chi connectivity index (χ0v) is 13.6. The first kappa shape index (κ1) is 16.4. The van der Waals surface area contributed by atoms with E-state index in [1.807, 2.05) is 0 Å². The van der Waals surface area contributed by atoms with Crippen LogP contribution in [0.3, 0.4) is 0 Å². The summed E-state index contributed by atoms with van der Waals surface area (Å²) in [6.45, 7) is -0.488. The first-order valence-electron chi connectivity index (χ1n) is 7.31. The van der Waals surface area contributed by atoms with Gasteiger partial charge in [0.2, 0.25) is 0 Å². The molecule has 2 atom stereocenters. The Balaban J connectivity index is 2.26. The van der Waals surface area contributed by atoms with Crippen molar-refractivity contribution < 1.29 is 14.8 Å². The summed E-state index contributed by atoms with van der Waals surface area (Å²) in [6.07, 6.45) is 0. The maximum Gasteiger partial charge on any atom is 0.269 e. The van der Waals surface area contributed by atoms with Crippen LogP contribution in [0, 0.1) is 10.1 Å². The van der Waals surface area contributed by atoms with Crippen LogP contribution in [-0.2, 0) is 0 Å². The molecule has 0 fully saturated rings. The number of aliphatic hydroxyl groups excluding tert-OH is 1. The lowest BCUT2D eigenvalue weighted by atomic mass is 9.78. The lowest BCUT2D eigenvalue weighted by Crippen LogP contribution is -2.55. The molecule has 0 bridgehead atoms. The highest BCUT2D eigenvalue weighted by atomic mass is 35.5. The number of carbonyl (C=O) groups excluding carboxylic acids is 1. The number of nitro groups is 1. The minimum absolute atomic E-state index is 0.0681. The Labute approximate surface area is 143 Å². The Hall–Kier alpha value is -2.44. The predicted molar refractivity (Wildman–Crippen MR) is 89.1 cm³/mol. The van der Waals surface area contributed by atoms with Crippen molar-refractivity contribution in [1.29, 1.82) is 0 Å². The summed E-state index contributed by atoms with van der Waals surface area (Å²) >= 11 is 6.65. The van der Waals surface area contributed by atoms with Gasteiger partial charge in [0.15, 0.2) is 5.00 Å². The van der Waals surface area contributed by atoms with Crippen molar-refractivity contribution >= 4 is 23.2 Å². The van der Waals surface area contributed by atoms with Crippen LogP contribution < -0.4 is 0 Å². The molecule has 0 aromatic heterocycles. The zero-order chi connectivity index (χ0) is 17.5. The first-order chi connectivity index (χ1) is 11.4. The predicted octanol–water partition coefficient (Wildman–Crippen LogP) is 2.74. The molecule has 124 valence electrons. The smallest absolute Gasteiger partial charge is 0.269 e. The van der Waals surface area contributed by atoms with E-state index in [1.54, 1.807) is 36.4 Å². The first-order valence-corrected chi connectivity index (χ1v) is 7.69. The average molecular weight is 347 g/mol. The molecule has 2 aromatic carbocycles. The number of non-ortho nitro benzene ring substituents is 1. The molecular formula is C17H15ClN2O4. The van der Waals surface area contributed by atoms with Crippen molar-refractivity contribution in [2.24, 2.45) is 0 Å². The fourth-order valence-corrected chi connectivity index (χ4v) is 3.50. The van der Waals surface area contributed by atoms with Crippen molar-refractivity contribution in [2.75, 3.05) is 13.7 Å². The van der Waals surface area contributed by atoms with Gasteiger partial charge in [0.1, 0.15) is 0 Å². The molecule has 0 saturated heterocycles. The Kier molecular flexibility index (Phi) is 4.03. The molecule has 1 N–H and O–H groups in total. The van der Waals surface area contributed by atoms with Gasteiger partial charge in [-0.05, 0) is 17.2 Å². The van der Waals surface area contributed by atoms with Crippen LogP contribution in [0.5, 0.6) is 0 Å². The van der Waals surface area contributed by atoms with E-state index in [9.17, 15) is 20.0 Å². The van der Waals surface area contributed by atoms with E-state index in [4.69, 9.17) is 11.6 Å². The number of alkyl halides is 1.